The Labute approximate surface area is 158 Å². The average molecular weight is 367 g/mol. The van der Waals surface area contributed by atoms with Gasteiger partial charge < -0.3 is 4.74 Å². The van der Waals surface area contributed by atoms with Crippen molar-refractivity contribution in [3.63, 3.8) is 0 Å². The monoisotopic (exact) mass is 366 g/mol. The summed E-state index contributed by atoms with van der Waals surface area (Å²) in [6, 6.07) is 24.8. The van der Waals surface area contributed by atoms with Crippen LogP contribution in [0.25, 0.3) is 11.1 Å². The van der Waals surface area contributed by atoms with Crippen LogP contribution in [0.2, 0.25) is 0 Å². The Morgan fingerprint density at radius 2 is 1.38 bits per heavy atom. The van der Waals surface area contributed by atoms with Gasteiger partial charge in [0.1, 0.15) is 18.2 Å². The highest BCUT2D eigenvalue weighted by Gasteiger charge is 2.11. The van der Waals surface area contributed by atoms with Gasteiger partial charge in [0.15, 0.2) is 0 Å². The molecule has 0 aliphatic rings. The molecule has 0 aliphatic carbocycles. The van der Waals surface area contributed by atoms with Gasteiger partial charge in [-0.1, -0.05) is 54.6 Å². The zero-order chi connectivity index (χ0) is 18.4. The summed E-state index contributed by atoms with van der Waals surface area (Å²) in [6.45, 7) is 2.55. The SMILES string of the molecule is C/C(=C(\c1ccccc1)c1ccc(OCCCl)cc1)c1ccc(F)cc1. The first kappa shape index (κ1) is 18.2. The maximum absolute atomic E-state index is 13.3. The first-order valence-corrected chi connectivity index (χ1v) is 9.04. The number of benzene rings is 3. The average Bonchev–Trinajstić information content (AvgIpc) is 2.69. The van der Waals surface area contributed by atoms with Crippen LogP contribution in [0.1, 0.15) is 23.6 Å². The van der Waals surface area contributed by atoms with E-state index in [1.807, 2.05) is 54.6 Å². The highest BCUT2D eigenvalue weighted by Crippen LogP contribution is 2.33. The van der Waals surface area contributed by atoms with Crippen molar-refractivity contribution in [3.05, 3.63) is 101 Å². The molecule has 0 bridgehead atoms. The molecule has 3 heteroatoms. The molecule has 0 spiro atoms. The molecule has 0 unspecified atom stereocenters. The third-order valence-corrected chi connectivity index (χ3v) is 4.36. The smallest absolute Gasteiger partial charge is 0.123 e. The van der Waals surface area contributed by atoms with Gasteiger partial charge >= 0.3 is 0 Å². The van der Waals surface area contributed by atoms with Crippen molar-refractivity contribution in [1.82, 2.24) is 0 Å². The summed E-state index contributed by atoms with van der Waals surface area (Å²) in [5.74, 6) is 1.02. The molecule has 0 atom stereocenters. The molecule has 0 fully saturated rings. The van der Waals surface area contributed by atoms with Crippen molar-refractivity contribution in [2.75, 3.05) is 12.5 Å². The van der Waals surface area contributed by atoms with Crippen LogP contribution in [0, 0.1) is 5.82 Å². The zero-order valence-electron chi connectivity index (χ0n) is 14.6. The number of allylic oxidation sites excluding steroid dienone is 1. The van der Waals surface area contributed by atoms with E-state index < -0.39 is 0 Å². The molecule has 3 aromatic carbocycles. The molecule has 3 aromatic rings. The van der Waals surface area contributed by atoms with Gasteiger partial charge in [-0.15, -0.1) is 11.6 Å². The van der Waals surface area contributed by atoms with Crippen molar-refractivity contribution in [3.8, 4) is 5.75 Å². The van der Waals surface area contributed by atoms with Crippen molar-refractivity contribution in [2.45, 2.75) is 6.92 Å². The Bertz CT molecular complexity index is 868. The molecule has 0 radical (unpaired) electrons. The molecule has 0 aromatic heterocycles. The summed E-state index contributed by atoms with van der Waals surface area (Å²) in [5.41, 5.74) is 5.39. The highest BCUT2D eigenvalue weighted by molar-refractivity contribution is 6.18. The molecule has 1 nitrogen and oxygen atoms in total. The van der Waals surface area contributed by atoms with E-state index in [1.165, 1.54) is 12.1 Å². The van der Waals surface area contributed by atoms with Gasteiger partial charge in [-0.05, 0) is 59.0 Å². The van der Waals surface area contributed by atoms with E-state index in [0.717, 1.165) is 33.6 Å². The summed E-state index contributed by atoms with van der Waals surface area (Å²) in [7, 11) is 0. The van der Waals surface area contributed by atoms with E-state index in [1.54, 1.807) is 0 Å². The van der Waals surface area contributed by atoms with Crippen LogP contribution in [0.4, 0.5) is 4.39 Å². The first-order chi connectivity index (χ1) is 12.7. The Kier molecular flexibility index (Phi) is 6.08. The van der Waals surface area contributed by atoms with Gasteiger partial charge in [0.25, 0.3) is 0 Å². The number of hydrogen-bond donors (Lipinski definition) is 0. The molecule has 0 amide bonds. The minimum Gasteiger partial charge on any atom is -0.492 e. The lowest BCUT2D eigenvalue weighted by molar-refractivity contribution is 0.343. The molecular formula is C23H20ClFO. The van der Waals surface area contributed by atoms with Crippen LogP contribution in [0.5, 0.6) is 5.75 Å². The maximum Gasteiger partial charge on any atom is 0.123 e. The summed E-state index contributed by atoms with van der Waals surface area (Å²) in [6.07, 6.45) is 0. The topological polar surface area (TPSA) is 9.23 Å². The van der Waals surface area contributed by atoms with Crippen molar-refractivity contribution >= 4 is 22.7 Å². The standard InChI is InChI=1S/C23H20ClFO/c1-17(18-7-11-21(25)12-8-18)23(19-5-3-2-4-6-19)20-9-13-22(14-10-20)26-16-15-24/h2-14H,15-16H2,1H3/b23-17-. The first-order valence-electron chi connectivity index (χ1n) is 8.50. The molecule has 26 heavy (non-hydrogen) atoms. The molecular weight excluding hydrogens is 347 g/mol. The molecule has 0 aliphatic heterocycles. The van der Waals surface area contributed by atoms with Gasteiger partial charge in [0.2, 0.25) is 0 Å². The number of ether oxygens (including phenoxy) is 1. The molecule has 0 saturated heterocycles. The fourth-order valence-corrected chi connectivity index (χ4v) is 3.00. The van der Waals surface area contributed by atoms with Gasteiger partial charge in [0.05, 0.1) is 5.88 Å². The molecule has 0 heterocycles. The van der Waals surface area contributed by atoms with Crippen LogP contribution in [0.3, 0.4) is 0 Å². The zero-order valence-corrected chi connectivity index (χ0v) is 15.3. The lowest BCUT2D eigenvalue weighted by atomic mass is 9.90. The lowest BCUT2D eigenvalue weighted by Gasteiger charge is -2.15. The second-order valence-electron chi connectivity index (χ2n) is 5.93. The summed E-state index contributed by atoms with van der Waals surface area (Å²) >= 11 is 5.67. The van der Waals surface area contributed by atoms with E-state index in [4.69, 9.17) is 16.3 Å². The Hall–Kier alpha value is -2.58. The Morgan fingerprint density at radius 1 is 0.808 bits per heavy atom. The van der Waals surface area contributed by atoms with Crippen molar-refractivity contribution in [2.24, 2.45) is 0 Å². The summed E-state index contributed by atoms with van der Waals surface area (Å²) < 4.78 is 18.9. The van der Waals surface area contributed by atoms with Gasteiger partial charge in [-0.3, -0.25) is 0 Å². The molecule has 0 saturated carbocycles. The number of alkyl halides is 1. The summed E-state index contributed by atoms with van der Waals surface area (Å²) in [4.78, 5) is 0. The largest absolute Gasteiger partial charge is 0.492 e. The van der Waals surface area contributed by atoms with Crippen molar-refractivity contribution < 1.29 is 9.13 Å². The minimum absolute atomic E-state index is 0.233. The predicted octanol–water partition coefficient (Wildman–Crippen LogP) is 6.42. The number of halogens is 2. The fourth-order valence-electron chi connectivity index (χ4n) is 2.92. The van der Waals surface area contributed by atoms with E-state index in [-0.39, 0.29) is 5.82 Å². The van der Waals surface area contributed by atoms with Gasteiger partial charge in [-0.2, -0.15) is 0 Å². The second kappa shape index (κ2) is 8.68. The van der Waals surface area contributed by atoms with Crippen LogP contribution in [0.15, 0.2) is 78.9 Å². The van der Waals surface area contributed by atoms with Crippen LogP contribution < -0.4 is 4.74 Å². The van der Waals surface area contributed by atoms with Crippen molar-refractivity contribution in [1.29, 1.82) is 0 Å². The van der Waals surface area contributed by atoms with Crippen LogP contribution in [-0.2, 0) is 0 Å². The van der Waals surface area contributed by atoms with Crippen LogP contribution >= 0.6 is 11.6 Å². The van der Waals surface area contributed by atoms with Gasteiger partial charge in [-0.25, -0.2) is 4.39 Å². The minimum atomic E-state index is -0.233. The van der Waals surface area contributed by atoms with E-state index >= 15 is 0 Å². The highest BCUT2D eigenvalue weighted by atomic mass is 35.5. The second-order valence-corrected chi connectivity index (χ2v) is 6.31. The van der Waals surface area contributed by atoms with E-state index in [2.05, 4.69) is 19.1 Å². The summed E-state index contributed by atoms with van der Waals surface area (Å²) in [5, 5.41) is 0. The Morgan fingerprint density at radius 3 is 2.00 bits per heavy atom. The predicted molar refractivity (Wildman–Crippen MR) is 107 cm³/mol. The molecule has 0 N–H and O–H groups in total. The lowest BCUT2D eigenvalue weighted by Crippen LogP contribution is -1.98. The number of rotatable bonds is 6. The van der Waals surface area contributed by atoms with E-state index in [9.17, 15) is 4.39 Å². The third kappa shape index (κ3) is 4.33. The molecule has 132 valence electrons. The Balaban J connectivity index is 2.07. The maximum atomic E-state index is 13.3. The van der Waals surface area contributed by atoms with E-state index in [0.29, 0.717) is 12.5 Å². The number of hydrogen-bond acceptors (Lipinski definition) is 1. The third-order valence-electron chi connectivity index (χ3n) is 4.20. The fraction of sp³-hybridized carbons (Fsp3) is 0.130. The molecule has 3 rings (SSSR count). The normalized spacial score (nSPS) is 11.8. The van der Waals surface area contributed by atoms with Gasteiger partial charge in [0, 0.05) is 0 Å². The van der Waals surface area contributed by atoms with Crippen LogP contribution in [-0.4, -0.2) is 12.5 Å². The quantitative estimate of drug-likeness (QED) is 0.361.